The quantitative estimate of drug-likeness (QED) is 0.381. The summed E-state index contributed by atoms with van der Waals surface area (Å²) in [6.45, 7) is 20.3. The summed E-state index contributed by atoms with van der Waals surface area (Å²) in [5.41, 5.74) is 0. The van der Waals surface area contributed by atoms with Crippen molar-refractivity contribution in [2.24, 2.45) is 0 Å². The predicted octanol–water partition coefficient (Wildman–Crippen LogP) is 7.25. The fourth-order valence-corrected chi connectivity index (χ4v) is 40.5. The molecule has 0 fully saturated rings. The van der Waals surface area contributed by atoms with E-state index in [1.165, 1.54) is 38.5 Å². The summed E-state index contributed by atoms with van der Waals surface area (Å²) >= 11 is -3.86. The summed E-state index contributed by atoms with van der Waals surface area (Å²) in [6.07, 6.45) is 0. The molecule has 0 aliphatic heterocycles. The standard InChI is InChI=1S/8C2H5.Pt.2H/c8*1-2;;;/h8*1H2,2H3;;;. The van der Waals surface area contributed by atoms with Gasteiger partial charge in [-0.25, -0.2) is 0 Å². The van der Waals surface area contributed by atoms with Crippen LogP contribution >= 0.6 is 0 Å². The summed E-state index contributed by atoms with van der Waals surface area (Å²) in [5, 5.41) is 0. The Hall–Kier alpha value is 0.688. The van der Waals surface area contributed by atoms with Crippen LogP contribution in [0.3, 0.4) is 0 Å². The Morgan fingerprint density at radius 3 is 0.471 bits per heavy atom. The molecule has 1 heteroatoms. The van der Waals surface area contributed by atoms with E-state index in [0.717, 1.165) is 0 Å². The molecule has 0 heterocycles. The van der Waals surface area contributed by atoms with E-state index in [1.54, 1.807) is 0 Å². The third kappa shape index (κ3) is 1.12. The fourth-order valence-electron chi connectivity index (χ4n) is 4.95. The first-order chi connectivity index (χ1) is 7.66. The van der Waals surface area contributed by atoms with Crippen molar-refractivity contribution >= 4 is 0 Å². The molecule has 0 aromatic carbocycles. The molecule has 0 aromatic rings. The minimum absolute atomic E-state index is 1.47. The Kier molecular flexibility index (Phi) is 3.18. The molecule has 0 N–H and O–H groups in total. The van der Waals surface area contributed by atoms with E-state index in [4.69, 9.17) is 0 Å². The second-order valence-corrected chi connectivity index (χ2v) is 56.9. The molecule has 0 radical (unpaired) electrons. The molecule has 0 saturated carbocycles. The van der Waals surface area contributed by atoms with E-state index >= 15 is 0 Å². The average Bonchev–Trinajstić information content (AvgIpc) is 2.48. The molecule has 0 saturated heterocycles. The van der Waals surface area contributed by atoms with Gasteiger partial charge in [0.25, 0.3) is 0 Å². The Balaban J connectivity index is 7.21. The molecular formula is C16H42Pt. The van der Waals surface area contributed by atoms with Crippen LogP contribution in [0.25, 0.3) is 0 Å². The van der Waals surface area contributed by atoms with Crippen molar-refractivity contribution in [3.8, 4) is 0 Å². The van der Waals surface area contributed by atoms with Crippen molar-refractivity contribution in [1.29, 1.82) is 0 Å². The first kappa shape index (κ1) is 17.7. The monoisotopic (exact) mass is 429 g/mol. The molecule has 17 heavy (non-hydrogen) atoms. The molecule has 0 rings (SSSR count). The number of hydrogen-bond acceptors (Lipinski definition) is 0. The summed E-state index contributed by atoms with van der Waals surface area (Å²) in [4.78, 5) is 11.8. The second kappa shape index (κ2) is 3.05. The van der Waals surface area contributed by atoms with Gasteiger partial charge in [0.05, 0.1) is 0 Å². The Morgan fingerprint density at radius 2 is 0.471 bits per heavy atom. The number of hydrogen-bond donors (Lipinski definition) is 0. The third-order valence-electron chi connectivity index (χ3n) is 9.90. The zero-order chi connectivity index (χ0) is 14.0. The van der Waals surface area contributed by atoms with Gasteiger partial charge in [0.2, 0.25) is 0 Å². The van der Waals surface area contributed by atoms with E-state index in [2.05, 4.69) is 55.4 Å². The van der Waals surface area contributed by atoms with E-state index in [1.807, 2.05) is 0 Å². The Bertz CT molecular complexity index is 219. The van der Waals surface area contributed by atoms with Crippen molar-refractivity contribution in [2.45, 2.75) is 93.9 Å². The zero-order valence-electron chi connectivity index (χ0n) is 14.0. The molecule has 0 nitrogen and oxygen atoms in total. The molecule has 0 aliphatic rings. The Labute approximate surface area is 105 Å². The van der Waals surface area contributed by atoms with Crippen LogP contribution in [-0.2, 0) is 11.1 Å². The van der Waals surface area contributed by atoms with E-state index in [9.17, 15) is 0 Å². The van der Waals surface area contributed by atoms with Crippen LogP contribution < -0.4 is 0 Å². The maximum absolute atomic E-state index is 3.86. The molecule has 0 spiro atoms. The van der Waals surface area contributed by atoms with E-state index in [0.29, 0.717) is 0 Å². The molecule has 0 bridgehead atoms. The zero-order valence-corrected chi connectivity index (χ0v) is 16.6. The molecule has 0 aromatic heterocycles. The predicted molar refractivity (Wildman–Crippen MR) is 86.6 cm³/mol. The van der Waals surface area contributed by atoms with Gasteiger partial charge in [0.1, 0.15) is 0 Å². The van der Waals surface area contributed by atoms with E-state index < -0.39 is 11.1 Å². The van der Waals surface area contributed by atoms with Crippen molar-refractivity contribution in [1.82, 2.24) is 0 Å². The van der Waals surface area contributed by atoms with Crippen LogP contribution in [0, 0.1) is 0 Å². The van der Waals surface area contributed by atoms with Crippen LogP contribution in [0.1, 0.15) is 55.4 Å². The molecule has 116 valence electrons. The number of rotatable bonds is 8. The van der Waals surface area contributed by atoms with Gasteiger partial charge in [-0.3, -0.25) is 0 Å². The van der Waals surface area contributed by atoms with Crippen LogP contribution in [0.2, 0.25) is 38.5 Å². The van der Waals surface area contributed by atoms with Gasteiger partial charge in [-0.2, -0.15) is 0 Å². The maximum atomic E-state index is 2.54. The summed E-state index contributed by atoms with van der Waals surface area (Å²) in [6, 6.07) is 0. The second-order valence-electron chi connectivity index (χ2n) is 6.95. The van der Waals surface area contributed by atoms with Crippen molar-refractivity contribution in [3.63, 3.8) is 0 Å². The molecule has 0 amide bonds. The minimum atomic E-state index is -3.86. The van der Waals surface area contributed by atoms with Gasteiger partial charge in [-0.05, 0) is 0 Å². The average molecular weight is 430 g/mol. The van der Waals surface area contributed by atoms with Gasteiger partial charge in [0, 0.05) is 0 Å². The molecule has 0 atom stereocenters. The normalized spacial score (nSPS) is 22.1. The Morgan fingerprint density at radius 1 is 0.353 bits per heavy atom. The summed E-state index contributed by atoms with van der Waals surface area (Å²) in [5.74, 6) is 0. The van der Waals surface area contributed by atoms with Crippen molar-refractivity contribution in [3.05, 3.63) is 0 Å². The van der Waals surface area contributed by atoms with Crippen molar-refractivity contribution < 1.29 is 11.1 Å². The SMILES string of the molecule is C[CH2][PtH2]([CH2]C)([CH2]C)([CH2]C)([CH2]C)([CH2]C)([CH2]C)[CH2]C. The van der Waals surface area contributed by atoms with Crippen LogP contribution in [0.4, 0.5) is 0 Å². The molecule has 0 aliphatic carbocycles. The van der Waals surface area contributed by atoms with Gasteiger partial charge in [-0.15, -0.1) is 0 Å². The van der Waals surface area contributed by atoms with Crippen LogP contribution in [0.5, 0.6) is 0 Å². The topological polar surface area (TPSA) is 0 Å². The first-order valence-corrected chi connectivity index (χ1v) is 22.0. The summed E-state index contributed by atoms with van der Waals surface area (Å²) < 4.78 is 0. The molecular weight excluding hydrogens is 387 g/mol. The fraction of sp³-hybridized carbons (Fsp3) is 1.00. The van der Waals surface area contributed by atoms with Gasteiger partial charge in [-0.1, -0.05) is 0 Å². The molecule has 0 unspecified atom stereocenters. The van der Waals surface area contributed by atoms with Crippen LogP contribution in [0.15, 0.2) is 0 Å². The van der Waals surface area contributed by atoms with E-state index in [-0.39, 0.29) is 0 Å². The third-order valence-corrected chi connectivity index (χ3v) is 81.0. The van der Waals surface area contributed by atoms with Gasteiger partial charge in [0.15, 0.2) is 0 Å². The summed E-state index contributed by atoms with van der Waals surface area (Å²) in [7, 11) is 0. The van der Waals surface area contributed by atoms with Crippen molar-refractivity contribution in [2.75, 3.05) is 0 Å². The van der Waals surface area contributed by atoms with Gasteiger partial charge >= 0.3 is 105 Å². The first-order valence-electron chi connectivity index (χ1n) is 7.66. The van der Waals surface area contributed by atoms with Gasteiger partial charge < -0.3 is 0 Å². The van der Waals surface area contributed by atoms with Crippen LogP contribution in [-0.4, -0.2) is 0 Å².